The van der Waals surface area contributed by atoms with Crippen molar-refractivity contribution >= 4 is 38.8 Å². The van der Waals surface area contributed by atoms with Crippen LogP contribution in [0.5, 0.6) is 5.75 Å². The van der Waals surface area contributed by atoms with Crippen molar-refractivity contribution in [2.75, 3.05) is 18.1 Å². The second-order valence-corrected chi connectivity index (χ2v) is 9.52. The van der Waals surface area contributed by atoms with Crippen LogP contribution in [0.3, 0.4) is 0 Å². The highest BCUT2D eigenvalue weighted by atomic mass is 35.5. The number of benzene rings is 1. The van der Waals surface area contributed by atoms with E-state index in [1.165, 1.54) is 0 Å². The molecule has 0 aliphatic carbocycles. The van der Waals surface area contributed by atoms with Crippen molar-refractivity contribution in [2.45, 2.75) is 26.3 Å². The molecule has 3 rings (SSSR count). The summed E-state index contributed by atoms with van der Waals surface area (Å²) in [5.41, 5.74) is 2.14. The lowest BCUT2D eigenvalue weighted by molar-refractivity contribution is 0.0921. The van der Waals surface area contributed by atoms with Gasteiger partial charge >= 0.3 is 0 Å². The van der Waals surface area contributed by atoms with Gasteiger partial charge in [-0.1, -0.05) is 29.3 Å². The molecule has 2 heterocycles. The average Bonchev–Trinajstić information content (AvgIpc) is 3.05. The van der Waals surface area contributed by atoms with Gasteiger partial charge in [0.2, 0.25) is 5.78 Å². The number of aryl methyl sites for hydroxylation is 1. The monoisotopic (exact) mass is 415 g/mol. The van der Waals surface area contributed by atoms with Gasteiger partial charge in [0.15, 0.2) is 22.2 Å². The van der Waals surface area contributed by atoms with Crippen molar-refractivity contribution in [1.29, 1.82) is 0 Å². The highest BCUT2D eigenvalue weighted by Crippen LogP contribution is 2.33. The van der Waals surface area contributed by atoms with Crippen LogP contribution in [-0.4, -0.2) is 36.9 Å². The molecule has 0 bridgehead atoms. The van der Waals surface area contributed by atoms with Gasteiger partial charge in [-0.05, 0) is 38.5 Å². The predicted molar refractivity (Wildman–Crippen MR) is 103 cm³/mol. The second-order valence-electron chi connectivity index (χ2n) is 6.47. The molecule has 1 aromatic heterocycles. The van der Waals surface area contributed by atoms with Gasteiger partial charge in [-0.15, -0.1) is 0 Å². The van der Waals surface area contributed by atoms with Gasteiger partial charge in [-0.25, -0.2) is 8.42 Å². The molecule has 1 aromatic carbocycles. The quantitative estimate of drug-likeness (QED) is 0.691. The minimum atomic E-state index is -3.00. The SMILES string of the molecule is Cc1cc(C(=O)COc2c(Cl)cccc2Cl)c(C)n1C1CCS(=O)(=O)C1. The molecular weight excluding hydrogens is 397 g/mol. The van der Waals surface area contributed by atoms with E-state index in [0.29, 0.717) is 22.0 Å². The third-order valence-electron chi connectivity index (χ3n) is 4.62. The molecule has 0 spiro atoms. The van der Waals surface area contributed by atoms with E-state index in [4.69, 9.17) is 27.9 Å². The zero-order chi connectivity index (χ0) is 19.1. The minimum absolute atomic E-state index is 0.114. The Morgan fingerprint density at radius 1 is 1.27 bits per heavy atom. The van der Waals surface area contributed by atoms with Crippen molar-refractivity contribution < 1.29 is 17.9 Å². The van der Waals surface area contributed by atoms with Crippen LogP contribution in [0.25, 0.3) is 0 Å². The van der Waals surface area contributed by atoms with E-state index in [-0.39, 0.29) is 35.7 Å². The van der Waals surface area contributed by atoms with Gasteiger partial charge in [0.1, 0.15) is 0 Å². The summed E-state index contributed by atoms with van der Waals surface area (Å²) in [5, 5.41) is 0.680. The molecule has 0 amide bonds. The van der Waals surface area contributed by atoms with Gasteiger partial charge in [-0.2, -0.15) is 0 Å². The van der Waals surface area contributed by atoms with Crippen molar-refractivity contribution in [3.05, 3.63) is 51.3 Å². The standard InChI is InChI=1S/C18H19Cl2NO4S/c1-11-8-14(12(2)21(11)13-6-7-26(23,24)10-13)17(22)9-25-18-15(19)4-3-5-16(18)20/h3-5,8,13H,6-7,9-10H2,1-2H3. The molecule has 1 saturated heterocycles. The van der Waals surface area contributed by atoms with Crippen LogP contribution < -0.4 is 4.74 Å². The number of carbonyl (C=O) groups excluding carboxylic acids is 1. The van der Waals surface area contributed by atoms with Crippen LogP contribution in [0.15, 0.2) is 24.3 Å². The molecule has 1 atom stereocenters. The smallest absolute Gasteiger partial charge is 0.202 e. The van der Waals surface area contributed by atoms with Crippen LogP contribution in [0.4, 0.5) is 0 Å². The molecule has 1 fully saturated rings. The van der Waals surface area contributed by atoms with E-state index in [9.17, 15) is 13.2 Å². The van der Waals surface area contributed by atoms with E-state index < -0.39 is 9.84 Å². The van der Waals surface area contributed by atoms with Crippen LogP contribution >= 0.6 is 23.2 Å². The largest absolute Gasteiger partial charge is 0.482 e. The number of ketones is 1. The Hall–Kier alpha value is -1.50. The maximum Gasteiger partial charge on any atom is 0.202 e. The Kier molecular flexibility index (Phi) is 5.37. The number of aromatic nitrogens is 1. The third kappa shape index (κ3) is 3.77. The Bertz CT molecular complexity index is 946. The second kappa shape index (κ2) is 7.25. The summed E-state index contributed by atoms with van der Waals surface area (Å²) in [6.07, 6.45) is 0.568. The molecule has 0 radical (unpaired) electrons. The molecule has 1 aliphatic heterocycles. The zero-order valence-electron chi connectivity index (χ0n) is 14.5. The first kappa shape index (κ1) is 19.3. The fourth-order valence-electron chi connectivity index (χ4n) is 3.44. The molecule has 26 heavy (non-hydrogen) atoms. The molecule has 0 N–H and O–H groups in total. The fourth-order valence-corrected chi connectivity index (χ4v) is 5.64. The number of carbonyl (C=O) groups is 1. The van der Waals surface area contributed by atoms with Crippen LogP contribution in [0.2, 0.25) is 10.0 Å². The van der Waals surface area contributed by atoms with Crippen molar-refractivity contribution in [2.24, 2.45) is 0 Å². The number of sulfone groups is 1. The number of hydrogen-bond donors (Lipinski definition) is 0. The average molecular weight is 416 g/mol. The maximum atomic E-state index is 12.6. The summed E-state index contributed by atoms with van der Waals surface area (Å²) >= 11 is 12.1. The third-order valence-corrected chi connectivity index (χ3v) is 6.97. The molecule has 140 valence electrons. The van der Waals surface area contributed by atoms with Gasteiger partial charge in [0.05, 0.1) is 21.6 Å². The lowest BCUT2D eigenvalue weighted by Gasteiger charge is -2.16. The number of hydrogen-bond acceptors (Lipinski definition) is 4. The van der Waals surface area contributed by atoms with E-state index in [0.717, 1.165) is 11.4 Å². The Labute approximate surface area is 162 Å². The van der Waals surface area contributed by atoms with Gasteiger partial charge < -0.3 is 9.30 Å². The van der Waals surface area contributed by atoms with Crippen molar-refractivity contribution in [1.82, 2.24) is 4.57 Å². The minimum Gasteiger partial charge on any atom is -0.482 e. The molecule has 5 nitrogen and oxygen atoms in total. The Morgan fingerprint density at radius 3 is 2.50 bits per heavy atom. The Balaban J connectivity index is 1.80. The summed E-state index contributed by atoms with van der Waals surface area (Å²) in [6.45, 7) is 3.50. The fraction of sp³-hybridized carbons (Fsp3) is 0.389. The van der Waals surface area contributed by atoms with Crippen LogP contribution in [0, 0.1) is 13.8 Å². The van der Waals surface area contributed by atoms with Crippen LogP contribution in [0.1, 0.15) is 34.2 Å². The van der Waals surface area contributed by atoms with Gasteiger partial charge in [-0.3, -0.25) is 4.79 Å². The molecule has 8 heteroatoms. The van der Waals surface area contributed by atoms with E-state index in [1.807, 2.05) is 18.4 Å². The lowest BCUT2D eigenvalue weighted by Crippen LogP contribution is -2.16. The van der Waals surface area contributed by atoms with E-state index in [2.05, 4.69) is 0 Å². The van der Waals surface area contributed by atoms with Gasteiger partial charge in [0.25, 0.3) is 0 Å². The van der Waals surface area contributed by atoms with E-state index in [1.54, 1.807) is 24.3 Å². The van der Waals surface area contributed by atoms with Gasteiger partial charge in [0, 0.05) is 23.0 Å². The molecule has 0 saturated carbocycles. The number of ether oxygens (including phenoxy) is 1. The Morgan fingerprint density at radius 2 is 1.92 bits per heavy atom. The summed E-state index contributed by atoms with van der Waals surface area (Å²) in [7, 11) is -3.00. The summed E-state index contributed by atoms with van der Waals surface area (Å²) in [6, 6.07) is 6.63. The lowest BCUT2D eigenvalue weighted by atomic mass is 10.1. The van der Waals surface area contributed by atoms with Crippen molar-refractivity contribution in [3.63, 3.8) is 0 Å². The summed E-state index contributed by atoms with van der Waals surface area (Å²) in [4.78, 5) is 12.6. The zero-order valence-corrected chi connectivity index (χ0v) is 16.8. The normalized spacial score (nSPS) is 18.8. The van der Waals surface area contributed by atoms with Crippen molar-refractivity contribution in [3.8, 4) is 5.75 Å². The number of nitrogens with zero attached hydrogens (tertiary/aromatic N) is 1. The maximum absolute atomic E-state index is 12.6. The first-order valence-corrected chi connectivity index (χ1v) is 10.8. The number of para-hydroxylation sites is 1. The first-order chi connectivity index (χ1) is 12.2. The summed E-state index contributed by atoms with van der Waals surface area (Å²) in [5.74, 6) is 0.371. The molecule has 1 unspecified atom stereocenters. The predicted octanol–water partition coefficient (Wildman–Crippen LogP) is 4.03. The highest BCUT2D eigenvalue weighted by Gasteiger charge is 2.31. The molecular formula is C18H19Cl2NO4S. The first-order valence-electron chi connectivity index (χ1n) is 8.18. The van der Waals surface area contributed by atoms with E-state index >= 15 is 0 Å². The number of halogens is 2. The molecule has 1 aliphatic rings. The number of rotatable bonds is 5. The highest BCUT2D eigenvalue weighted by molar-refractivity contribution is 7.91. The topological polar surface area (TPSA) is 65.4 Å². The van der Waals surface area contributed by atoms with Crippen LogP contribution in [-0.2, 0) is 9.84 Å². The number of Topliss-reactive ketones (excluding diaryl/α,β-unsaturated/α-hetero) is 1. The molecule has 2 aromatic rings. The summed E-state index contributed by atoms with van der Waals surface area (Å²) < 4.78 is 31.0.